The molecule has 3 aromatic rings. The summed E-state index contributed by atoms with van der Waals surface area (Å²) < 4.78 is 16.4. The number of pyridine rings is 1. The van der Waals surface area contributed by atoms with Crippen molar-refractivity contribution in [3.05, 3.63) is 78.1 Å². The number of fused-ring (bicyclic) bond motifs is 1. The van der Waals surface area contributed by atoms with Crippen LogP contribution in [0, 0.1) is 5.92 Å². The van der Waals surface area contributed by atoms with Crippen molar-refractivity contribution in [2.24, 2.45) is 5.92 Å². The maximum Gasteiger partial charge on any atom is 0.309 e. The highest BCUT2D eigenvalue weighted by atomic mass is 16.7. The van der Waals surface area contributed by atoms with Crippen LogP contribution in [0.15, 0.2) is 67.0 Å². The fourth-order valence-corrected chi connectivity index (χ4v) is 5.56. The Bertz CT molecular complexity index is 1300. The smallest absolute Gasteiger partial charge is 0.309 e. The second-order valence-corrected chi connectivity index (χ2v) is 9.84. The highest BCUT2D eigenvalue weighted by Crippen LogP contribution is 2.47. The molecule has 0 radical (unpaired) electrons. The number of carbonyl (C=O) groups excluding carboxylic acids is 1. The first-order valence-corrected chi connectivity index (χ1v) is 13.2. The van der Waals surface area contributed by atoms with Crippen LogP contribution in [0.1, 0.15) is 42.9 Å². The summed E-state index contributed by atoms with van der Waals surface area (Å²) in [4.78, 5) is 34.6. The molecule has 1 amide bonds. The number of hydrogen-bond acceptors (Lipinski definition) is 7. The van der Waals surface area contributed by atoms with Gasteiger partial charge in [0.05, 0.1) is 31.5 Å². The van der Waals surface area contributed by atoms with E-state index in [-0.39, 0.29) is 25.2 Å². The average molecular weight is 532 g/mol. The Morgan fingerprint density at radius 3 is 2.56 bits per heavy atom. The van der Waals surface area contributed by atoms with E-state index in [0.717, 1.165) is 29.7 Å². The molecule has 9 nitrogen and oxygen atoms in total. The van der Waals surface area contributed by atoms with Crippen molar-refractivity contribution in [3.63, 3.8) is 0 Å². The topological polar surface area (TPSA) is 101 Å². The number of ether oxygens (including phenoxy) is 3. The molecule has 0 saturated carbocycles. The van der Waals surface area contributed by atoms with Gasteiger partial charge in [0, 0.05) is 31.2 Å². The van der Waals surface area contributed by atoms with E-state index >= 15 is 0 Å². The molecule has 0 bridgehead atoms. The van der Waals surface area contributed by atoms with Crippen molar-refractivity contribution in [2.75, 3.05) is 38.4 Å². The van der Waals surface area contributed by atoms with Crippen molar-refractivity contribution in [1.82, 2.24) is 9.88 Å². The Hall–Kier alpha value is -4.11. The van der Waals surface area contributed by atoms with Crippen LogP contribution < -0.4 is 19.1 Å². The zero-order chi connectivity index (χ0) is 27.4. The second-order valence-electron chi connectivity index (χ2n) is 9.84. The summed E-state index contributed by atoms with van der Waals surface area (Å²) in [6.45, 7) is 3.26. The van der Waals surface area contributed by atoms with Crippen LogP contribution in [0.25, 0.3) is 0 Å². The number of amides is 1. The van der Waals surface area contributed by atoms with Gasteiger partial charge in [-0.25, -0.2) is 0 Å². The summed E-state index contributed by atoms with van der Waals surface area (Å²) in [5.41, 5.74) is 2.40. The van der Waals surface area contributed by atoms with Crippen molar-refractivity contribution < 1.29 is 28.9 Å². The Morgan fingerprint density at radius 1 is 1.10 bits per heavy atom. The molecular weight excluding hydrogens is 498 g/mol. The van der Waals surface area contributed by atoms with Gasteiger partial charge in [0.1, 0.15) is 5.75 Å². The molecule has 2 aliphatic rings. The number of aromatic nitrogens is 1. The molecule has 3 heterocycles. The van der Waals surface area contributed by atoms with Gasteiger partial charge < -0.3 is 24.2 Å². The van der Waals surface area contributed by atoms with Crippen molar-refractivity contribution >= 4 is 17.6 Å². The predicted octanol–water partition coefficient (Wildman–Crippen LogP) is 4.49. The summed E-state index contributed by atoms with van der Waals surface area (Å²) in [5, 5.41) is 10.5. The molecule has 39 heavy (non-hydrogen) atoms. The highest BCUT2D eigenvalue weighted by Gasteiger charge is 2.48. The van der Waals surface area contributed by atoms with Gasteiger partial charge in [0.2, 0.25) is 12.7 Å². The lowest BCUT2D eigenvalue weighted by atomic mass is 9.82. The number of unbranched alkanes of at least 4 members (excludes halogenated alkanes) is 1. The number of aliphatic carboxylic acids is 1. The lowest BCUT2D eigenvalue weighted by Crippen LogP contribution is -2.41. The van der Waals surface area contributed by atoms with Crippen LogP contribution in [0.2, 0.25) is 0 Å². The molecule has 9 heteroatoms. The largest absolute Gasteiger partial charge is 0.497 e. The molecule has 2 aromatic carbocycles. The monoisotopic (exact) mass is 531 g/mol. The maximum atomic E-state index is 13.8. The van der Waals surface area contributed by atoms with Gasteiger partial charge in [0.15, 0.2) is 11.5 Å². The Balaban J connectivity index is 1.50. The van der Waals surface area contributed by atoms with Gasteiger partial charge in [-0.2, -0.15) is 0 Å². The number of anilines is 1. The molecule has 0 spiro atoms. The Kier molecular flexibility index (Phi) is 7.97. The van der Waals surface area contributed by atoms with Crippen molar-refractivity contribution in [2.45, 2.75) is 31.7 Å². The molecular formula is C30H33N3O6. The third-order valence-electron chi connectivity index (χ3n) is 7.50. The van der Waals surface area contributed by atoms with Gasteiger partial charge in [-0.15, -0.1) is 0 Å². The Morgan fingerprint density at radius 2 is 1.87 bits per heavy atom. The number of methoxy groups -OCH3 is 1. The fourth-order valence-electron chi connectivity index (χ4n) is 5.56. The van der Waals surface area contributed by atoms with Crippen molar-refractivity contribution in [3.8, 4) is 17.2 Å². The quantitative estimate of drug-likeness (QED) is 0.408. The van der Waals surface area contributed by atoms with Crippen LogP contribution in [-0.2, 0) is 9.59 Å². The number of rotatable bonds is 10. The minimum absolute atomic E-state index is 0.0696. The van der Waals surface area contributed by atoms with E-state index in [0.29, 0.717) is 30.3 Å². The van der Waals surface area contributed by atoms with E-state index in [1.807, 2.05) is 59.5 Å². The van der Waals surface area contributed by atoms with E-state index in [2.05, 4.69) is 11.9 Å². The number of nitrogens with zero attached hydrogens (tertiary/aromatic N) is 3. The summed E-state index contributed by atoms with van der Waals surface area (Å²) in [5.74, 6) is -0.219. The van der Waals surface area contributed by atoms with Gasteiger partial charge in [-0.05, 0) is 53.9 Å². The van der Waals surface area contributed by atoms with Gasteiger partial charge in [-0.1, -0.05) is 31.5 Å². The third-order valence-corrected chi connectivity index (χ3v) is 7.50. The zero-order valence-corrected chi connectivity index (χ0v) is 22.2. The van der Waals surface area contributed by atoms with Crippen molar-refractivity contribution in [1.29, 1.82) is 0 Å². The van der Waals surface area contributed by atoms with Crippen LogP contribution in [0.3, 0.4) is 0 Å². The summed E-state index contributed by atoms with van der Waals surface area (Å²) in [6, 6.07) is 16.2. The van der Waals surface area contributed by atoms with E-state index in [1.54, 1.807) is 24.4 Å². The lowest BCUT2D eigenvalue weighted by molar-refractivity contribution is -0.143. The number of carbonyl (C=O) groups is 2. The van der Waals surface area contributed by atoms with E-state index in [4.69, 9.17) is 14.2 Å². The SMILES string of the molecule is CCCCN(C(=O)CN1CC(c2ccc3c(c2)OCO3)[C@@H](C(=O)O)[C@@H]1c1ccc(OC)cc1)c1cccnc1. The molecule has 204 valence electrons. The first kappa shape index (κ1) is 26.5. The summed E-state index contributed by atoms with van der Waals surface area (Å²) >= 11 is 0. The second kappa shape index (κ2) is 11.7. The average Bonchev–Trinajstić information content (AvgIpc) is 3.58. The summed E-state index contributed by atoms with van der Waals surface area (Å²) in [6.07, 6.45) is 5.16. The fraction of sp³-hybridized carbons (Fsp3) is 0.367. The number of likely N-dealkylation sites (tertiary alicyclic amines) is 1. The molecule has 0 aliphatic carbocycles. The normalized spacial score (nSPS) is 20.1. The van der Waals surface area contributed by atoms with Gasteiger partial charge in [0.25, 0.3) is 0 Å². The minimum atomic E-state index is -0.913. The minimum Gasteiger partial charge on any atom is -0.497 e. The lowest BCUT2D eigenvalue weighted by Gasteiger charge is -2.30. The van der Waals surface area contributed by atoms with E-state index in [9.17, 15) is 14.7 Å². The first-order valence-electron chi connectivity index (χ1n) is 13.2. The number of carboxylic acids is 1. The molecule has 1 fully saturated rings. The molecule has 5 rings (SSSR count). The van der Waals surface area contributed by atoms with Gasteiger partial charge >= 0.3 is 5.97 Å². The molecule has 1 unspecified atom stereocenters. The molecule has 1 N–H and O–H groups in total. The summed E-state index contributed by atoms with van der Waals surface area (Å²) in [7, 11) is 1.59. The van der Waals surface area contributed by atoms with E-state index < -0.39 is 17.9 Å². The molecule has 1 aromatic heterocycles. The number of hydrogen-bond donors (Lipinski definition) is 1. The molecule has 2 aliphatic heterocycles. The van der Waals surface area contributed by atoms with Gasteiger partial charge in [-0.3, -0.25) is 19.5 Å². The number of carboxylic acid groups (broad SMARTS) is 1. The van der Waals surface area contributed by atoms with Crippen LogP contribution in [0.4, 0.5) is 5.69 Å². The Labute approximate surface area is 227 Å². The first-order chi connectivity index (χ1) is 19.0. The zero-order valence-electron chi connectivity index (χ0n) is 22.2. The van der Waals surface area contributed by atoms with E-state index in [1.165, 1.54) is 0 Å². The van der Waals surface area contributed by atoms with Crippen LogP contribution in [-0.4, -0.2) is 60.4 Å². The number of benzene rings is 2. The predicted molar refractivity (Wildman–Crippen MR) is 145 cm³/mol. The highest BCUT2D eigenvalue weighted by molar-refractivity contribution is 5.94. The standard InChI is InChI=1S/C30H33N3O6/c1-3-4-14-33(22-6-5-13-31-16-22)27(34)18-32-17-24(21-9-12-25-26(15-21)39-19-38-25)28(30(35)36)29(32)20-7-10-23(37-2)11-8-20/h5-13,15-16,24,28-29H,3-4,14,17-19H2,1-2H3,(H,35,36)/t24?,28-,29+/m1/s1. The maximum absolute atomic E-state index is 13.8. The van der Waals surface area contributed by atoms with Crippen LogP contribution in [0.5, 0.6) is 17.2 Å². The van der Waals surface area contributed by atoms with Crippen LogP contribution >= 0.6 is 0 Å². The third kappa shape index (κ3) is 5.54. The molecule has 3 atom stereocenters. The molecule has 1 saturated heterocycles.